The van der Waals surface area contributed by atoms with Gasteiger partial charge in [0.2, 0.25) is 0 Å². The van der Waals surface area contributed by atoms with E-state index in [1.165, 1.54) is 0 Å². The van der Waals surface area contributed by atoms with E-state index in [9.17, 15) is 0 Å². The fourth-order valence-corrected chi connectivity index (χ4v) is 2.32. The van der Waals surface area contributed by atoms with Crippen LogP contribution in [0, 0.1) is 0 Å². The fraction of sp³-hybridized carbons (Fsp3) is 0.0556. The predicted octanol–water partition coefficient (Wildman–Crippen LogP) is 4.25. The fourth-order valence-electron chi connectivity index (χ4n) is 2.13. The van der Waals surface area contributed by atoms with E-state index in [0.29, 0.717) is 16.8 Å². The van der Waals surface area contributed by atoms with Crippen molar-refractivity contribution in [3.63, 3.8) is 0 Å². The first kappa shape index (κ1) is 16.0. The number of hydrazone groups is 1. The third-order valence-corrected chi connectivity index (χ3v) is 3.44. The zero-order valence-electron chi connectivity index (χ0n) is 13.0. The number of benzene rings is 2. The van der Waals surface area contributed by atoms with Crippen molar-refractivity contribution in [2.45, 2.75) is 0 Å². The van der Waals surface area contributed by atoms with Gasteiger partial charge in [-0.15, -0.1) is 0 Å². The molecule has 5 nitrogen and oxygen atoms in total. The molecule has 6 heteroatoms. The lowest BCUT2D eigenvalue weighted by molar-refractivity contribution is 0.414. The summed E-state index contributed by atoms with van der Waals surface area (Å²) in [5.74, 6) is 1.80. The Bertz CT molecular complexity index is 853. The van der Waals surface area contributed by atoms with Gasteiger partial charge in [-0.2, -0.15) is 5.10 Å². The highest BCUT2D eigenvalue weighted by atomic mass is 35.5. The van der Waals surface area contributed by atoms with Crippen molar-refractivity contribution in [2.75, 3.05) is 12.5 Å². The summed E-state index contributed by atoms with van der Waals surface area (Å²) in [7, 11) is 1.62. The minimum absolute atomic E-state index is 0.346. The number of para-hydroxylation sites is 1. The van der Waals surface area contributed by atoms with Gasteiger partial charge < -0.3 is 4.74 Å². The number of hydrogen-bond donors (Lipinski definition) is 1. The molecule has 0 unspecified atom stereocenters. The molecule has 3 rings (SSSR count). The highest BCUT2D eigenvalue weighted by Gasteiger charge is 2.05. The predicted molar refractivity (Wildman–Crippen MR) is 96.7 cm³/mol. The van der Waals surface area contributed by atoms with E-state index in [0.717, 1.165) is 16.9 Å². The third-order valence-electron chi connectivity index (χ3n) is 3.25. The lowest BCUT2D eigenvalue weighted by Gasteiger charge is -2.05. The second kappa shape index (κ2) is 7.57. The maximum Gasteiger partial charge on any atom is 0.163 e. The van der Waals surface area contributed by atoms with Gasteiger partial charge >= 0.3 is 0 Å². The van der Waals surface area contributed by atoms with Gasteiger partial charge in [-0.25, -0.2) is 9.97 Å². The van der Waals surface area contributed by atoms with E-state index in [1.54, 1.807) is 19.4 Å². The Hall–Kier alpha value is -2.92. The maximum atomic E-state index is 6.08. The molecule has 0 aliphatic carbocycles. The van der Waals surface area contributed by atoms with Gasteiger partial charge in [-0.3, -0.25) is 5.43 Å². The average Bonchev–Trinajstić information content (AvgIpc) is 2.62. The Morgan fingerprint density at radius 1 is 1.04 bits per heavy atom. The molecule has 0 atom stereocenters. The van der Waals surface area contributed by atoms with Crippen LogP contribution in [-0.4, -0.2) is 23.3 Å². The second-order valence-electron chi connectivity index (χ2n) is 4.88. The van der Waals surface area contributed by atoms with Crippen molar-refractivity contribution in [1.29, 1.82) is 0 Å². The lowest BCUT2D eigenvalue weighted by Crippen LogP contribution is -1.98. The quantitative estimate of drug-likeness (QED) is 0.429. The van der Waals surface area contributed by atoms with Gasteiger partial charge in [-0.1, -0.05) is 54.1 Å². The highest BCUT2D eigenvalue weighted by Crippen LogP contribution is 2.20. The van der Waals surface area contributed by atoms with Crippen LogP contribution in [0.5, 0.6) is 5.75 Å². The minimum Gasteiger partial charge on any atom is -0.496 e. The Kier molecular flexibility index (Phi) is 5.03. The number of nitrogens with one attached hydrogen (secondary N) is 1. The molecule has 0 saturated carbocycles. The van der Waals surface area contributed by atoms with E-state index in [1.807, 2.05) is 54.6 Å². The molecule has 3 aromatic rings. The molecule has 0 bridgehead atoms. The first-order valence-electron chi connectivity index (χ1n) is 7.28. The van der Waals surface area contributed by atoms with Gasteiger partial charge in [0, 0.05) is 17.2 Å². The summed E-state index contributed by atoms with van der Waals surface area (Å²) in [6.45, 7) is 0. The van der Waals surface area contributed by atoms with Crippen molar-refractivity contribution >= 4 is 23.6 Å². The number of nitrogens with zero attached hydrogens (tertiary/aromatic N) is 3. The number of ether oxygens (including phenoxy) is 1. The van der Waals surface area contributed by atoms with Gasteiger partial charge in [0.15, 0.2) is 11.6 Å². The first-order valence-corrected chi connectivity index (χ1v) is 7.66. The largest absolute Gasteiger partial charge is 0.496 e. The van der Waals surface area contributed by atoms with Crippen molar-refractivity contribution in [3.8, 4) is 17.1 Å². The molecule has 1 aromatic heterocycles. The summed E-state index contributed by atoms with van der Waals surface area (Å²) >= 11 is 6.08. The number of hydrogen-bond acceptors (Lipinski definition) is 5. The summed E-state index contributed by atoms with van der Waals surface area (Å²) < 4.78 is 5.28. The van der Waals surface area contributed by atoms with E-state index < -0.39 is 0 Å². The van der Waals surface area contributed by atoms with E-state index >= 15 is 0 Å². The van der Waals surface area contributed by atoms with E-state index in [-0.39, 0.29) is 0 Å². The van der Waals surface area contributed by atoms with Crippen molar-refractivity contribution in [3.05, 3.63) is 71.4 Å². The summed E-state index contributed by atoms with van der Waals surface area (Å²) in [6, 6.07) is 18.8. The van der Waals surface area contributed by atoms with Crippen LogP contribution in [0.2, 0.25) is 5.15 Å². The van der Waals surface area contributed by atoms with Crippen LogP contribution in [0.4, 0.5) is 5.82 Å². The molecule has 0 fully saturated rings. The average molecular weight is 339 g/mol. The summed E-state index contributed by atoms with van der Waals surface area (Å²) in [5.41, 5.74) is 4.62. The Labute approximate surface area is 145 Å². The number of aromatic nitrogens is 2. The molecule has 0 radical (unpaired) electrons. The molecule has 0 aliphatic heterocycles. The van der Waals surface area contributed by atoms with Crippen LogP contribution in [0.1, 0.15) is 5.56 Å². The van der Waals surface area contributed by atoms with Crippen LogP contribution >= 0.6 is 11.6 Å². The number of halogens is 1. The number of methoxy groups -OCH3 is 1. The SMILES string of the molecule is COc1ccccc1/C=N/Nc1cc(Cl)nc(-c2ccccc2)n1. The van der Waals surface area contributed by atoms with Crippen molar-refractivity contribution < 1.29 is 4.74 Å². The molecule has 0 saturated heterocycles. The molecule has 24 heavy (non-hydrogen) atoms. The first-order chi connectivity index (χ1) is 11.8. The molecular weight excluding hydrogens is 324 g/mol. The summed E-state index contributed by atoms with van der Waals surface area (Å²) in [5, 5.41) is 4.54. The highest BCUT2D eigenvalue weighted by molar-refractivity contribution is 6.29. The molecule has 0 amide bonds. The second-order valence-corrected chi connectivity index (χ2v) is 5.26. The summed E-state index contributed by atoms with van der Waals surface area (Å²) in [6.07, 6.45) is 1.66. The molecule has 0 spiro atoms. The lowest BCUT2D eigenvalue weighted by atomic mass is 10.2. The van der Waals surface area contributed by atoms with Crippen LogP contribution < -0.4 is 10.2 Å². The minimum atomic E-state index is 0.346. The Morgan fingerprint density at radius 3 is 2.58 bits per heavy atom. The summed E-state index contributed by atoms with van der Waals surface area (Å²) in [4.78, 5) is 8.67. The van der Waals surface area contributed by atoms with Gasteiger partial charge in [0.25, 0.3) is 0 Å². The molecule has 0 aliphatic rings. The number of anilines is 1. The van der Waals surface area contributed by atoms with E-state index in [4.69, 9.17) is 16.3 Å². The molecule has 2 aromatic carbocycles. The Balaban J connectivity index is 1.81. The molecule has 1 N–H and O–H groups in total. The van der Waals surface area contributed by atoms with Gasteiger partial charge in [0.1, 0.15) is 10.9 Å². The number of rotatable bonds is 5. The van der Waals surface area contributed by atoms with Crippen LogP contribution in [-0.2, 0) is 0 Å². The molecular formula is C18H15ClN4O. The zero-order chi connectivity index (χ0) is 16.8. The zero-order valence-corrected chi connectivity index (χ0v) is 13.7. The molecule has 1 heterocycles. The van der Waals surface area contributed by atoms with Crippen molar-refractivity contribution in [1.82, 2.24) is 9.97 Å². The third kappa shape index (κ3) is 3.88. The normalized spacial score (nSPS) is 10.8. The van der Waals surface area contributed by atoms with Crippen LogP contribution in [0.15, 0.2) is 65.8 Å². The monoisotopic (exact) mass is 338 g/mol. The maximum absolute atomic E-state index is 6.08. The topological polar surface area (TPSA) is 59.4 Å². The van der Waals surface area contributed by atoms with Crippen molar-refractivity contribution in [2.24, 2.45) is 5.10 Å². The molecule has 120 valence electrons. The van der Waals surface area contributed by atoms with Gasteiger partial charge in [-0.05, 0) is 12.1 Å². The van der Waals surface area contributed by atoms with Crippen LogP contribution in [0.3, 0.4) is 0 Å². The van der Waals surface area contributed by atoms with E-state index in [2.05, 4.69) is 20.5 Å². The van der Waals surface area contributed by atoms with Gasteiger partial charge in [0.05, 0.1) is 13.3 Å². The Morgan fingerprint density at radius 2 is 1.79 bits per heavy atom. The standard InChI is InChI=1S/C18H15ClN4O/c1-24-15-10-6-5-9-14(15)12-20-23-17-11-16(19)21-18(22-17)13-7-3-2-4-8-13/h2-12H,1H3,(H,21,22,23)/b20-12+. The smallest absolute Gasteiger partial charge is 0.163 e. The van der Waals surface area contributed by atoms with Crippen LogP contribution in [0.25, 0.3) is 11.4 Å².